The van der Waals surface area contributed by atoms with Crippen molar-refractivity contribution < 1.29 is 0 Å². The number of anilines is 1. The average molecular weight is 504 g/mol. The van der Waals surface area contributed by atoms with Crippen LogP contribution < -0.4 is 4.90 Å². The highest BCUT2D eigenvalue weighted by molar-refractivity contribution is 7.19. The van der Waals surface area contributed by atoms with Crippen molar-refractivity contribution in [2.75, 3.05) is 18.0 Å². The fourth-order valence-electron chi connectivity index (χ4n) is 7.30. The zero-order valence-electron chi connectivity index (χ0n) is 21.8. The van der Waals surface area contributed by atoms with Gasteiger partial charge in [0.05, 0.1) is 15.8 Å². The third kappa shape index (κ3) is 3.87. The minimum atomic E-state index is 0.114. The molecular weight excluding hydrogens is 470 g/mol. The number of benzene rings is 2. The number of fused-ring (bicyclic) bond motifs is 2. The Labute approximate surface area is 223 Å². The molecule has 0 radical (unpaired) electrons. The first-order valence-electron chi connectivity index (χ1n) is 13.8. The van der Waals surface area contributed by atoms with Gasteiger partial charge in [0.1, 0.15) is 11.1 Å². The summed E-state index contributed by atoms with van der Waals surface area (Å²) in [6.45, 7) is 7.20. The van der Waals surface area contributed by atoms with Crippen molar-refractivity contribution in [1.82, 2.24) is 4.98 Å². The van der Waals surface area contributed by atoms with Gasteiger partial charge in [-0.1, -0.05) is 38.1 Å². The molecule has 0 N–H and O–H groups in total. The third-order valence-corrected chi connectivity index (χ3v) is 10.1. The lowest BCUT2D eigenvalue weighted by molar-refractivity contribution is 0.228. The predicted molar refractivity (Wildman–Crippen MR) is 155 cm³/mol. The van der Waals surface area contributed by atoms with Crippen LogP contribution in [0.3, 0.4) is 0 Å². The van der Waals surface area contributed by atoms with Gasteiger partial charge >= 0.3 is 0 Å². The SMILES string of the molecule is CC1(C)C/C(=C(/C#N)c2nc3ccccc3s2)C=C2C=C(c3cc4c5c(c3)CCCN5CCC4)CCC21. The molecule has 0 fully saturated rings. The summed E-state index contributed by atoms with van der Waals surface area (Å²) in [4.78, 5) is 7.46. The van der Waals surface area contributed by atoms with Crippen molar-refractivity contribution in [3.8, 4) is 6.07 Å². The molecule has 0 spiro atoms. The minimum absolute atomic E-state index is 0.114. The van der Waals surface area contributed by atoms with E-state index >= 15 is 0 Å². The molecule has 0 saturated heterocycles. The molecule has 2 aliphatic heterocycles. The number of thiazole rings is 1. The number of nitrogens with zero attached hydrogens (tertiary/aromatic N) is 3. The molecule has 1 unspecified atom stereocenters. The highest BCUT2D eigenvalue weighted by Gasteiger charge is 2.38. The van der Waals surface area contributed by atoms with E-state index in [-0.39, 0.29) is 5.41 Å². The van der Waals surface area contributed by atoms with Crippen LogP contribution in [-0.4, -0.2) is 18.1 Å². The molecule has 3 nitrogen and oxygen atoms in total. The maximum absolute atomic E-state index is 10.3. The minimum Gasteiger partial charge on any atom is -0.371 e. The van der Waals surface area contributed by atoms with E-state index in [1.165, 1.54) is 61.9 Å². The van der Waals surface area contributed by atoms with Gasteiger partial charge < -0.3 is 4.90 Å². The van der Waals surface area contributed by atoms with E-state index in [1.807, 2.05) is 18.2 Å². The Kier molecular flexibility index (Phi) is 5.41. The van der Waals surface area contributed by atoms with Crippen LogP contribution in [0.1, 0.15) is 67.6 Å². The zero-order chi connectivity index (χ0) is 25.1. The molecule has 1 atom stereocenters. The van der Waals surface area contributed by atoms with Crippen molar-refractivity contribution in [2.24, 2.45) is 11.3 Å². The zero-order valence-corrected chi connectivity index (χ0v) is 22.6. The Morgan fingerprint density at radius 1 is 1.05 bits per heavy atom. The Balaban J connectivity index is 1.32. The van der Waals surface area contributed by atoms with E-state index < -0.39 is 0 Å². The smallest absolute Gasteiger partial charge is 0.135 e. The first kappa shape index (κ1) is 23.0. The molecule has 3 aromatic rings. The van der Waals surface area contributed by atoms with Crippen LogP contribution in [0.25, 0.3) is 21.4 Å². The monoisotopic (exact) mass is 503 g/mol. The first-order valence-corrected chi connectivity index (χ1v) is 14.6. The van der Waals surface area contributed by atoms with Gasteiger partial charge in [-0.15, -0.1) is 11.3 Å². The van der Waals surface area contributed by atoms with Gasteiger partial charge in [0, 0.05) is 18.8 Å². The number of nitriles is 1. The number of aromatic nitrogens is 1. The molecule has 7 rings (SSSR count). The third-order valence-electron chi connectivity index (χ3n) is 9.02. The molecule has 1 aromatic heterocycles. The quantitative estimate of drug-likeness (QED) is 0.332. The van der Waals surface area contributed by atoms with Crippen LogP contribution in [0, 0.1) is 22.7 Å². The second-order valence-corrected chi connectivity index (χ2v) is 12.9. The summed E-state index contributed by atoms with van der Waals surface area (Å²) in [6.07, 6.45) is 13.0. The fourth-order valence-corrected chi connectivity index (χ4v) is 8.30. The highest BCUT2D eigenvalue weighted by Crippen LogP contribution is 2.51. The first-order chi connectivity index (χ1) is 18.0. The Morgan fingerprint density at radius 3 is 2.54 bits per heavy atom. The van der Waals surface area contributed by atoms with E-state index in [2.05, 4.69) is 55.2 Å². The van der Waals surface area contributed by atoms with E-state index in [1.54, 1.807) is 28.2 Å². The van der Waals surface area contributed by atoms with Gasteiger partial charge in [0.2, 0.25) is 0 Å². The summed E-state index contributed by atoms with van der Waals surface area (Å²) in [5.41, 5.74) is 11.9. The van der Waals surface area contributed by atoms with E-state index in [4.69, 9.17) is 4.98 Å². The normalized spacial score (nSPS) is 23.5. The van der Waals surface area contributed by atoms with Crippen LogP contribution in [0.15, 0.2) is 59.7 Å². The molecule has 2 aromatic carbocycles. The molecule has 0 amide bonds. The Bertz CT molecular complexity index is 1490. The molecule has 0 saturated carbocycles. The number of hydrogen-bond donors (Lipinski definition) is 0. The largest absolute Gasteiger partial charge is 0.371 e. The molecule has 37 heavy (non-hydrogen) atoms. The summed E-state index contributed by atoms with van der Waals surface area (Å²) >= 11 is 1.63. The van der Waals surface area contributed by atoms with Crippen molar-refractivity contribution in [2.45, 2.75) is 58.8 Å². The van der Waals surface area contributed by atoms with Crippen LogP contribution >= 0.6 is 11.3 Å². The van der Waals surface area contributed by atoms with E-state index in [0.717, 1.165) is 39.2 Å². The Hall–Kier alpha value is -3.16. The van der Waals surface area contributed by atoms with Crippen LogP contribution in [0.5, 0.6) is 0 Å². The van der Waals surface area contributed by atoms with Gasteiger partial charge in [-0.2, -0.15) is 5.26 Å². The molecule has 0 bridgehead atoms. The predicted octanol–water partition coefficient (Wildman–Crippen LogP) is 8.12. The molecule has 2 aliphatic carbocycles. The van der Waals surface area contributed by atoms with Crippen LogP contribution in [0.2, 0.25) is 0 Å². The summed E-state index contributed by atoms with van der Waals surface area (Å²) in [7, 11) is 0. The van der Waals surface area contributed by atoms with Crippen molar-refractivity contribution in [1.29, 1.82) is 5.26 Å². The second kappa shape index (κ2) is 8.71. The van der Waals surface area contributed by atoms with Crippen molar-refractivity contribution in [3.05, 3.63) is 81.4 Å². The summed E-state index contributed by atoms with van der Waals surface area (Å²) < 4.78 is 1.14. The lowest BCUT2D eigenvalue weighted by atomic mass is 9.62. The number of para-hydroxylation sites is 1. The molecule has 4 heteroatoms. The number of aryl methyl sites for hydroxylation is 2. The average Bonchev–Trinajstić information content (AvgIpc) is 3.32. The number of rotatable bonds is 2. The second-order valence-electron chi connectivity index (χ2n) is 11.9. The van der Waals surface area contributed by atoms with Crippen molar-refractivity contribution in [3.63, 3.8) is 0 Å². The summed E-state index contributed by atoms with van der Waals surface area (Å²) in [6, 6.07) is 15.7. The molecule has 4 aliphatic rings. The Morgan fingerprint density at radius 2 is 1.81 bits per heavy atom. The number of hydrogen-bond acceptors (Lipinski definition) is 4. The summed E-state index contributed by atoms with van der Waals surface area (Å²) in [5, 5.41) is 11.1. The maximum atomic E-state index is 10.3. The van der Waals surface area contributed by atoms with E-state index in [0.29, 0.717) is 5.92 Å². The van der Waals surface area contributed by atoms with Crippen molar-refractivity contribution >= 4 is 38.4 Å². The topological polar surface area (TPSA) is 39.9 Å². The lowest BCUT2D eigenvalue weighted by Gasteiger charge is -2.42. The lowest BCUT2D eigenvalue weighted by Crippen LogP contribution is -2.34. The standard InChI is InChI=1S/C33H33N3S/c1-33(2)19-26(27(20-34)32-35-29-9-3-4-10-30(29)37-32)18-25-15-21(11-12-28(25)33)24-16-22-7-5-13-36-14-6-8-23(17-24)31(22)36/h3-4,9-10,15-18,28H,5-8,11-14,19H2,1-2H3/b27-26-. The summed E-state index contributed by atoms with van der Waals surface area (Å²) in [5.74, 6) is 0.529. The molecular formula is C33H33N3S. The van der Waals surface area contributed by atoms with Crippen LogP contribution in [0.4, 0.5) is 5.69 Å². The van der Waals surface area contributed by atoms with Crippen LogP contribution in [-0.2, 0) is 12.8 Å². The molecule has 3 heterocycles. The van der Waals surface area contributed by atoms with Gasteiger partial charge in [-0.25, -0.2) is 4.98 Å². The van der Waals surface area contributed by atoms with Gasteiger partial charge in [-0.05, 0) is 114 Å². The molecule has 186 valence electrons. The van der Waals surface area contributed by atoms with Gasteiger partial charge in [0.25, 0.3) is 0 Å². The highest BCUT2D eigenvalue weighted by atomic mass is 32.1. The maximum Gasteiger partial charge on any atom is 0.135 e. The van der Waals surface area contributed by atoms with Gasteiger partial charge in [0.15, 0.2) is 0 Å². The fraction of sp³-hybridized carbons (Fsp3) is 0.394. The van der Waals surface area contributed by atoms with Gasteiger partial charge in [-0.3, -0.25) is 0 Å². The number of allylic oxidation sites excluding steroid dienone is 6. The van der Waals surface area contributed by atoms with E-state index in [9.17, 15) is 5.26 Å².